The maximum atomic E-state index is 11.5. The average Bonchev–Trinajstić information content (AvgIpc) is 2.26. The van der Waals surface area contributed by atoms with E-state index in [2.05, 4.69) is 6.58 Å². The third-order valence-corrected chi connectivity index (χ3v) is 1.80. The van der Waals surface area contributed by atoms with Crippen LogP contribution in [0, 0.1) is 0 Å². The first-order valence-corrected chi connectivity index (χ1v) is 5.09. The van der Waals surface area contributed by atoms with Crippen molar-refractivity contribution in [2.45, 2.75) is 13.8 Å². The van der Waals surface area contributed by atoms with Gasteiger partial charge in [0.2, 0.25) is 0 Å². The molecule has 0 heterocycles. The van der Waals surface area contributed by atoms with Crippen molar-refractivity contribution in [2.24, 2.45) is 0 Å². The van der Waals surface area contributed by atoms with Gasteiger partial charge in [0.15, 0.2) is 0 Å². The van der Waals surface area contributed by atoms with E-state index in [0.29, 0.717) is 11.3 Å². The normalized spacial score (nSPS) is 9.53. The zero-order valence-electron chi connectivity index (χ0n) is 9.86. The van der Waals surface area contributed by atoms with E-state index in [0.717, 1.165) is 5.57 Å². The first-order chi connectivity index (χ1) is 7.99. The summed E-state index contributed by atoms with van der Waals surface area (Å²) in [4.78, 5) is 22.2. The van der Waals surface area contributed by atoms with Crippen molar-refractivity contribution in [3.8, 4) is 5.75 Å². The predicted molar refractivity (Wildman–Crippen MR) is 62.8 cm³/mol. The van der Waals surface area contributed by atoms with Crippen LogP contribution in [0.15, 0.2) is 36.4 Å². The molecule has 0 saturated carbocycles. The molecule has 0 aliphatic rings. The number of esters is 2. The van der Waals surface area contributed by atoms with Crippen LogP contribution in [0.2, 0.25) is 0 Å². The van der Waals surface area contributed by atoms with Gasteiger partial charge >= 0.3 is 11.9 Å². The van der Waals surface area contributed by atoms with Crippen LogP contribution in [0.1, 0.15) is 24.2 Å². The Morgan fingerprint density at radius 3 is 2.24 bits per heavy atom. The van der Waals surface area contributed by atoms with Gasteiger partial charge in [-0.1, -0.05) is 6.58 Å². The van der Waals surface area contributed by atoms with E-state index in [4.69, 9.17) is 9.47 Å². The summed E-state index contributed by atoms with van der Waals surface area (Å²) in [5.74, 6) is -0.432. The molecule has 0 atom stereocenters. The summed E-state index contributed by atoms with van der Waals surface area (Å²) in [6, 6.07) is 6.16. The van der Waals surface area contributed by atoms with Crippen molar-refractivity contribution >= 4 is 11.9 Å². The van der Waals surface area contributed by atoms with Crippen molar-refractivity contribution in [2.75, 3.05) is 6.61 Å². The average molecular weight is 234 g/mol. The molecular weight excluding hydrogens is 220 g/mol. The largest absolute Gasteiger partial charge is 0.458 e. The smallest absolute Gasteiger partial charge is 0.338 e. The highest BCUT2D eigenvalue weighted by Crippen LogP contribution is 2.13. The molecule has 0 saturated heterocycles. The molecule has 1 rings (SSSR count). The number of rotatable bonds is 4. The lowest BCUT2D eigenvalue weighted by atomic mass is 10.2. The van der Waals surface area contributed by atoms with Crippen LogP contribution in [0.25, 0.3) is 0 Å². The first-order valence-electron chi connectivity index (χ1n) is 5.09. The van der Waals surface area contributed by atoms with Crippen molar-refractivity contribution in [3.05, 3.63) is 42.0 Å². The van der Waals surface area contributed by atoms with E-state index in [1.165, 1.54) is 6.92 Å². The van der Waals surface area contributed by atoms with E-state index < -0.39 is 11.9 Å². The highest BCUT2D eigenvalue weighted by atomic mass is 16.5. The molecule has 1 aromatic rings. The molecule has 90 valence electrons. The minimum absolute atomic E-state index is 0.199. The summed E-state index contributed by atoms with van der Waals surface area (Å²) in [5.41, 5.74) is 1.18. The Kier molecular flexibility index (Phi) is 4.46. The van der Waals surface area contributed by atoms with Gasteiger partial charge in [-0.15, -0.1) is 0 Å². The second kappa shape index (κ2) is 5.84. The van der Waals surface area contributed by atoms with Crippen molar-refractivity contribution < 1.29 is 19.1 Å². The maximum Gasteiger partial charge on any atom is 0.338 e. The number of hydrogen-bond donors (Lipinski definition) is 0. The van der Waals surface area contributed by atoms with Crippen molar-refractivity contribution in [3.63, 3.8) is 0 Å². The van der Waals surface area contributed by atoms with Crippen LogP contribution in [0.5, 0.6) is 5.75 Å². The van der Waals surface area contributed by atoms with Gasteiger partial charge in [0.05, 0.1) is 5.56 Å². The van der Waals surface area contributed by atoms with Gasteiger partial charge in [-0.05, 0) is 36.8 Å². The molecule has 0 radical (unpaired) electrons. The standard InChI is InChI=1S/C13H14O4/c1-9(2)8-16-13(15)11-4-6-12(7-5-11)17-10(3)14/h4-7H,1,8H2,2-3H3. The third-order valence-electron chi connectivity index (χ3n) is 1.80. The maximum absolute atomic E-state index is 11.5. The molecule has 4 nitrogen and oxygen atoms in total. The summed E-state index contributed by atoms with van der Waals surface area (Å²) in [7, 11) is 0. The van der Waals surface area contributed by atoms with Crippen LogP contribution in [0.4, 0.5) is 0 Å². The Labute approximate surface area is 99.8 Å². The lowest BCUT2D eigenvalue weighted by Crippen LogP contribution is -2.07. The summed E-state index contributed by atoms with van der Waals surface area (Å²) in [6.45, 7) is 6.92. The lowest BCUT2D eigenvalue weighted by Gasteiger charge is -2.05. The van der Waals surface area contributed by atoms with Crippen LogP contribution in [-0.2, 0) is 9.53 Å². The molecule has 0 amide bonds. The molecule has 0 fully saturated rings. The fourth-order valence-electron chi connectivity index (χ4n) is 1.10. The molecule has 0 N–H and O–H groups in total. The second-order valence-electron chi connectivity index (χ2n) is 3.65. The number of ether oxygens (including phenoxy) is 2. The SMILES string of the molecule is C=C(C)COC(=O)c1ccc(OC(C)=O)cc1. The zero-order valence-corrected chi connectivity index (χ0v) is 9.86. The van der Waals surface area contributed by atoms with E-state index in [1.54, 1.807) is 31.2 Å². The summed E-state index contributed by atoms with van der Waals surface area (Å²) < 4.78 is 9.81. The molecule has 0 bridgehead atoms. The van der Waals surface area contributed by atoms with Gasteiger partial charge in [-0.2, -0.15) is 0 Å². The number of hydrogen-bond acceptors (Lipinski definition) is 4. The Bertz CT molecular complexity index is 431. The minimum Gasteiger partial charge on any atom is -0.458 e. The van der Waals surface area contributed by atoms with Gasteiger partial charge in [-0.3, -0.25) is 4.79 Å². The van der Waals surface area contributed by atoms with Gasteiger partial charge in [0.25, 0.3) is 0 Å². The van der Waals surface area contributed by atoms with Gasteiger partial charge in [0.1, 0.15) is 12.4 Å². The summed E-state index contributed by atoms with van der Waals surface area (Å²) >= 11 is 0. The molecule has 1 aromatic carbocycles. The molecule has 17 heavy (non-hydrogen) atoms. The Morgan fingerprint density at radius 2 is 1.76 bits per heavy atom. The molecule has 0 aromatic heterocycles. The van der Waals surface area contributed by atoms with Crippen LogP contribution in [-0.4, -0.2) is 18.5 Å². The topological polar surface area (TPSA) is 52.6 Å². The number of carbonyl (C=O) groups excluding carboxylic acids is 2. The molecule has 0 aliphatic carbocycles. The van der Waals surface area contributed by atoms with Crippen LogP contribution >= 0.6 is 0 Å². The Hall–Kier alpha value is -2.10. The number of benzene rings is 1. The van der Waals surface area contributed by atoms with Crippen LogP contribution < -0.4 is 4.74 Å². The van der Waals surface area contributed by atoms with E-state index in [-0.39, 0.29) is 6.61 Å². The highest BCUT2D eigenvalue weighted by Gasteiger charge is 2.07. The summed E-state index contributed by atoms with van der Waals surface area (Å²) in [5, 5.41) is 0. The third kappa shape index (κ3) is 4.51. The monoisotopic (exact) mass is 234 g/mol. The lowest BCUT2D eigenvalue weighted by molar-refractivity contribution is -0.131. The molecule has 0 spiro atoms. The fraction of sp³-hybridized carbons (Fsp3) is 0.231. The van der Waals surface area contributed by atoms with Gasteiger partial charge in [0, 0.05) is 6.92 Å². The second-order valence-corrected chi connectivity index (χ2v) is 3.65. The van der Waals surface area contributed by atoms with E-state index >= 15 is 0 Å². The molecule has 4 heteroatoms. The Balaban J connectivity index is 2.63. The van der Waals surface area contributed by atoms with Gasteiger partial charge in [-0.25, -0.2) is 4.79 Å². The quantitative estimate of drug-likeness (QED) is 0.456. The Morgan fingerprint density at radius 1 is 1.18 bits per heavy atom. The minimum atomic E-state index is -0.428. The molecular formula is C13H14O4. The highest BCUT2D eigenvalue weighted by molar-refractivity contribution is 5.89. The predicted octanol–water partition coefficient (Wildman–Crippen LogP) is 2.34. The van der Waals surface area contributed by atoms with E-state index in [9.17, 15) is 9.59 Å². The number of carbonyl (C=O) groups is 2. The molecule has 0 aliphatic heterocycles. The fourth-order valence-corrected chi connectivity index (χ4v) is 1.10. The van der Waals surface area contributed by atoms with Crippen molar-refractivity contribution in [1.29, 1.82) is 0 Å². The van der Waals surface area contributed by atoms with Gasteiger partial charge < -0.3 is 9.47 Å². The first kappa shape index (κ1) is 13.0. The summed E-state index contributed by atoms with van der Waals surface area (Å²) in [6.07, 6.45) is 0. The molecule has 0 unspecified atom stereocenters. The van der Waals surface area contributed by atoms with Crippen molar-refractivity contribution in [1.82, 2.24) is 0 Å². The van der Waals surface area contributed by atoms with Crippen LogP contribution in [0.3, 0.4) is 0 Å². The van der Waals surface area contributed by atoms with E-state index in [1.807, 2.05) is 0 Å². The zero-order chi connectivity index (χ0) is 12.8.